The van der Waals surface area contributed by atoms with Crippen LogP contribution in [0.15, 0.2) is 59.0 Å². The van der Waals surface area contributed by atoms with Gasteiger partial charge in [0.1, 0.15) is 12.6 Å². The van der Waals surface area contributed by atoms with E-state index in [0.717, 1.165) is 11.0 Å². The minimum absolute atomic E-state index is 0.0860. The number of nitrogens with two attached hydrogens (primary N) is 2. The second kappa shape index (κ2) is 20.3. The number of rotatable bonds is 19. The van der Waals surface area contributed by atoms with Crippen molar-refractivity contribution in [3.8, 4) is 0 Å². The number of benzene rings is 1. The van der Waals surface area contributed by atoms with Crippen LogP contribution in [0.5, 0.6) is 0 Å². The fourth-order valence-electron chi connectivity index (χ4n) is 5.01. The molecule has 1 aliphatic heterocycles. The lowest BCUT2D eigenvalue weighted by atomic mass is 9.79. The first-order chi connectivity index (χ1) is 24.5. The number of nitrogens with zero attached hydrogens (tertiary/aromatic N) is 2. The summed E-state index contributed by atoms with van der Waals surface area (Å²) in [6.45, 7) is 4.63. The van der Waals surface area contributed by atoms with E-state index in [1.807, 2.05) is 0 Å². The van der Waals surface area contributed by atoms with E-state index in [0.29, 0.717) is 18.6 Å². The minimum Gasteiger partial charge on any atom is -0.480 e. The van der Waals surface area contributed by atoms with Crippen molar-refractivity contribution in [1.82, 2.24) is 4.90 Å². The van der Waals surface area contributed by atoms with Crippen LogP contribution < -0.4 is 11.5 Å². The van der Waals surface area contributed by atoms with Gasteiger partial charge in [0.05, 0.1) is 41.3 Å². The highest BCUT2D eigenvalue weighted by Crippen LogP contribution is 2.44. The molecule has 1 aromatic rings. The summed E-state index contributed by atoms with van der Waals surface area (Å²) in [4.78, 5) is 86.2. The lowest BCUT2D eigenvalue weighted by Crippen LogP contribution is -2.39. The van der Waals surface area contributed by atoms with Crippen molar-refractivity contribution < 1.29 is 67.6 Å². The Balaban J connectivity index is 2.47. The fraction of sp³-hybridized carbons (Fsp3) is 0.455. The van der Waals surface area contributed by atoms with Gasteiger partial charge in [-0.25, -0.2) is 24.0 Å². The number of carbonyl (C=O) groups excluding carboxylic acids is 4. The van der Waals surface area contributed by atoms with Crippen molar-refractivity contribution >= 4 is 41.6 Å². The third kappa shape index (κ3) is 12.3. The van der Waals surface area contributed by atoms with Crippen LogP contribution in [0.1, 0.15) is 52.0 Å². The number of allylic oxidation sites excluding steroid dienone is 2. The topological polar surface area (TPSA) is 287 Å². The molecule has 0 aliphatic carbocycles. The largest absolute Gasteiger partial charge is 0.480 e. The second-order valence-electron chi connectivity index (χ2n) is 11.6. The maximum atomic E-state index is 13.9. The zero-order chi connectivity index (χ0) is 39.1. The first kappa shape index (κ1) is 42.5. The Bertz CT molecular complexity index is 1620. The molecular weight excluding hydrogens is 692 g/mol. The van der Waals surface area contributed by atoms with Crippen LogP contribution in [0.25, 0.3) is 0 Å². The van der Waals surface area contributed by atoms with Crippen LogP contribution >= 0.6 is 0 Å². The van der Waals surface area contributed by atoms with Gasteiger partial charge in [-0.3, -0.25) is 19.8 Å². The number of carboxylic acids is 2. The van der Waals surface area contributed by atoms with Crippen molar-refractivity contribution in [2.45, 2.75) is 58.6 Å². The average Bonchev–Trinajstić information content (AvgIpc) is 3.07. The highest BCUT2D eigenvalue weighted by Gasteiger charge is 2.43. The fourth-order valence-corrected chi connectivity index (χ4v) is 5.01. The number of nitro groups is 1. The number of carbonyl (C=O) groups is 6. The molecule has 0 saturated heterocycles. The maximum absolute atomic E-state index is 13.9. The van der Waals surface area contributed by atoms with Gasteiger partial charge in [-0.05, 0) is 58.6 Å². The summed E-state index contributed by atoms with van der Waals surface area (Å²) in [5.41, 5.74) is 10.3. The Morgan fingerprint density at radius 3 is 2.19 bits per heavy atom. The Hall–Kier alpha value is -5.66. The van der Waals surface area contributed by atoms with E-state index >= 15 is 0 Å². The van der Waals surface area contributed by atoms with Gasteiger partial charge in [0, 0.05) is 35.7 Å². The quantitative estimate of drug-likeness (QED) is 0.0301. The molecule has 19 heteroatoms. The van der Waals surface area contributed by atoms with E-state index in [9.17, 15) is 38.9 Å². The number of hydrogen-bond acceptors (Lipinski definition) is 15. The maximum Gasteiger partial charge on any atom is 0.421 e. The summed E-state index contributed by atoms with van der Waals surface area (Å²) in [5.74, 6) is -7.31. The number of non-ortho nitro benzene ring substituents is 1. The SMILES string of the molecule is CC1=C(C(=O)OCCOCC(CN)CCC(N)C(=O)O)C(c2cccc([N+](=O)[O-])c2)C(C(=O)OC(C)C)=C(C)N1C(=O)OCOC(=O)/C=C/C(=O)O. The predicted molar refractivity (Wildman–Crippen MR) is 178 cm³/mol. The Morgan fingerprint density at radius 2 is 1.62 bits per heavy atom. The number of hydrogen-bond donors (Lipinski definition) is 4. The second-order valence-corrected chi connectivity index (χ2v) is 11.6. The van der Waals surface area contributed by atoms with E-state index in [4.69, 9.17) is 45.4 Å². The van der Waals surface area contributed by atoms with Crippen molar-refractivity contribution in [3.05, 3.63) is 74.6 Å². The van der Waals surface area contributed by atoms with Gasteiger partial charge >= 0.3 is 35.9 Å². The number of carboxylic acid groups (broad SMARTS) is 2. The summed E-state index contributed by atoms with van der Waals surface area (Å²) in [6.07, 6.45) is -0.270. The number of esters is 3. The third-order valence-electron chi connectivity index (χ3n) is 7.50. The van der Waals surface area contributed by atoms with Gasteiger partial charge in [-0.1, -0.05) is 12.1 Å². The molecule has 0 aromatic heterocycles. The summed E-state index contributed by atoms with van der Waals surface area (Å²) >= 11 is 0. The van der Waals surface area contributed by atoms with Crippen molar-refractivity contribution in [2.75, 3.05) is 33.2 Å². The summed E-state index contributed by atoms with van der Waals surface area (Å²) in [6, 6.07) is 4.10. The molecule has 1 aromatic carbocycles. The highest BCUT2D eigenvalue weighted by atomic mass is 16.7. The van der Waals surface area contributed by atoms with Crippen LogP contribution in [-0.4, -0.2) is 101 Å². The molecule has 3 unspecified atom stereocenters. The molecule has 1 amide bonds. The van der Waals surface area contributed by atoms with Gasteiger partial charge in [0.2, 0.25) is 6.79 Å². The van der Waals surface area contributed by atoms with Gasteiger partial charge in [-0.15, -0.1) is 0 Å². The molecule has 19 nitrogen and oxygen atoms in total. The van der Waals surface area contributed by atoms with E-state index in [1.54, 1.807) is 13.8 Å². The normalized spacial score (nSPS) is 15.7. The number of ether oxygens (including phenoxy) is 5. The zero-order valence-corrected chi connectivity index (χ0v) is 29.0. The molecule has 0 spiro atoms. The van der Waals surface area contributed by atoms with Crippen LogP contribution in [0, 0.1) is 16.0 Å². The van der Waals surface area contributed by atoms with Crippen LogP contribution in [0.2, 0.25) is 0 Å². The van der Waals surface area contributed by atoms with Crippen LogP contribution in [0.3, 0.4) is 0 Å². The Morgan fingerprint density at radius 1 is 0.962 bits per heavy atom. The summed E-state index contributed by atoms with van der Waals surface area (Å²) in [7, 11) is 0. The Labute approximate surface area is 297 Å². The van der Waals surface area contributed by atoms with E-state index in [2.05, 4.69) is 0 Å². The van der Waals surface area contributed by atoms with Gasteiger partial charge in [-0.2, -0.15) is 0 Å². The molecule has 2 rings (SSSR count). The molecule has 0 saturated carbocycles. The Kier molecular flexibility index (Phi) is 16.6. The number of nitro benzene ring substituents is 1. The average molecular weight is 735 g/mol. The molecule has 1 heterocycles. The number of amides is 1. The number of aliphatic carboxylic acids is 2. The molecule has 0 radical (unpaired) electrons. The smallest absolute Gasteiger partial charge is 0.421 e. The molecule has 3 atom stereocenters. The molecule has 0 fully saturated rings. The lowest BCUT2D eigenvalue weighted by molar-refractivity contribution is -0.384. The van der Waals surface area contributed by atoms with Crippen molar-refractivity contribution in [2.24, 2.45) is 17.4 Å². The highest BCUT2D eigenvalue weighted by molar-refractivity contribution is 6.01. The van der Waals surface area contributed by atoms with Gasteiger partial charge in [0.25, 0.3) is 5.69 Å². The standard InChI is InChI=1S/C33H42N4O15/c1-18(2)52-32(44)28-20(4)36(33(45)51-17-50-26(40)11-10-25(38)39)19(3)27(29(28)22-6-5-7-23(14-22)37(46)47)31(43)49-13-12-48-16-21(15-34)8-9-24(35)30(41)42/h5-7,10-11,14,18,21,24,29H,8-9,12-13,15-17,34-35H2,1-4H3,(H,38,39)(H,41,42)/b11-10+. The summed E-state index contributed by atoms with van der Waals surface area (Å²) in [5, 5.41) is 29.4. The van der Waals surface area contributed by atoms with Crippen LogP contribution in [-0.2, 0) is 47.7 Å². The first-order valence-electron chi connectivity index (χ1n) is 15.8. The van der Waals surface area contributed by atoms with Crippen molar-refractivity contribution in [1.29, 1.82) is 0 Å². The minimum atomic E-state index is -1.42. The molecule has 1 aliphatic rings. The molecular formula is C33H42N4O15. The molecule has 52 heavy (non-hydrogen) atoms. The van der Waals surface area contributed by atoms with E-state index in [1.165, 1.54) is 32.0 Å². The molecule has 284 valence electrons. The van der Waals surface area contributed by atoms with E-state index in [-0.39, 0.29) is 72.5 Å². The van der Waals surface area contributed by atoms with Crippen molar-refractivity contribution in [3.63, 3.8) is 0 Å². The summed E-state index contributed by atoms with van der Waals surface area (Å²) < 4.78 is 26.3. The lowest BCUT2D eigenvalue weighted by Gasteiger charge is -2.36. The van der Waals surface area contributed by atoms with Gasteiger partial charge in [0.15, 0.2) is 0 Å². The first-order valence-corrected chi connectivity index (χ1v) is 15.8. The predicted octanol–water partition coefficient (Wildman–Crippen LogP) is 2.10. The van der Waals surface area contributed by atoms with Gasteiger partial charge < -0.3 is 45.4 Å². The monoisotopic (exact) mass is 734 g/mol. The molecule has 0 bridgehead atoms. The zero-order valence-electron chi connectivity index (χ0n) is 29.0. The third-order valence-corrected chi connectivity index (χ3v) is 7.50. The van der Waals surface area contributed by atoms with Crippen LogP contribution in [0.4, 0.5) is 10.5 Å². The molecule has 6 N–H and O–H groups in total. The van der Waals surface area contributed by atoms with E-state index < -0.39 is 65.7 Å².